The maximum Gasteiger partial charge on any atom is 0.171 e. The number of fused-ring (bicyclic) bond motifs is 1. The molecule has 0 radical (unpaired) electrons. The fraction of sp³-hybridized carbons (Fsp3) is 0.429. The first-order valence-corrected chi connectivity index (χ1v) is 9.46. The first kappa shape index (κ1) is 17.6. The number of nitrogens with zero attached hydrogens (tertiary/aromatic N) is 4. The molecule has 0 saturated carbocycles. The Bertz CT molecular complexity index is 1000. The molecule has 3 aromatic heterocycles. The van der Waals surface area contributed by atoms with Gasteiger partial charge in [0, 0.05) is 36.0 Å². The summed E-state index contributed by atoms with van der Waals surface area (Å²) in [5.41, 5.74) is 3.09. The summed E-state index contributed by atoms with van der Waals surface area (Å²) in [6, 6.07) is 4.51. The lowest BCUT2D eigenvalue weighted by Crippen LogP contribution is -2.27. The van der Waals surface area contributed by atoms with Crippen molar-refractivity contribution in [3.8, 4) is 11.3 Å². The zero-order valence-corrected chi connectivity index (χ0v) is 16.3. The molecule has 6 heteroatoms. The second kappa shape index (κ2) is 6.44. The smallest absolute Gasteiger partial charge is 0.171 e. The number of H-pyrrole nitrogens is 1. The molecule has 1 aliphatic rings. The van der Waals surface area contributed by atoms with Gasteiger partial charge in [-0.05, 0) is 31.9 Å². The van der Waals surface area contributed by atoms with Crippen molar-refractivity contribution >= 4 is 22.8 Å². The Morgan fingerprint density at radius 3 is 2.81 bits per heavy atom. The van der Waals surface area contributed by atoms with Gasteiger partial charge in [0.05, 0.1) is 17.5 Å². The van der Waals surface area contributed by atoms with Gasteiger partial charge in [0.2, 0.25) is 0 Å². The van der Waals surface area contributed by atoms with E-state index in [0.29, 0.717) is 22.8 Å². The highest BCUT2D eigenvalue weighted by Crippen LogP contribution is 2.29. The average Bonchev–Trinajstić information content (AvgIpc) is 3.26. The zero-order valence-electron chi connectivity index (χ0n) is 16.3. The lowest BCUT2D eigenvalue weighted by Gasteiger charge is -2.22. The number of pyridine rings is 1. The molecule has 1 unspecified atom stereocenters. The monoisotopic (exact) mass is 363 g/mol. The third-order valence-electron chi connectivity index (χ3n) is 5.20. The van der Waals surface area contributed by atoms with E-state index in [2.05, 4.69) is 32.8 Å². The number of carbonyl (C=O) groups excluding carboxylic acids is 1. The summed E-state index contributed by atoms with van der Waals surface area (Å²) >= 11 is 0. The second-order valence-corrected chi connectivity index (χ2v) is 8.32. The van der Waals surface area contributed by atoms with Gasteiger partial charge in [-0.3, -0.25) is 4.79 Å². The molecule has 1 atom stereocenters. The number of hydrogen-bond acceptors (Lipinski definition) is 5. The molecular weight excluding hydrogens is 338 g/mol. The molecule has 0 aliphatic carbocycles. The maximum absolute atomic E-state index is 12.7. The van der Waals surface area contributed by atoms with Crippen molar-refractivity contribution in [3.05, 3.63) is 36.3 Å². The van der Waals surface area contributed by atoms with E-state index in [9.17, 15) is 4.79 Å². The number of ketones is 1. The van der Waals surface area contributed by atoms with Crippen LogP contribution in [0.4, 0.5) is 5.82 Å². The van der Waals surface area contributed by atoms with E-state index >= 15 is 0 Å². The number of aromatic amines is 1. The molecule has 1 fully saturated rings. The van der Waals surface area contributed by atoms with Crippen LogP contribution in [0.1, 0.15) is 50.9 Å². The Labute approximate surface area is 159 Å². The molecule has 3 aromatic rings. The lowest BCUT2D eigenvalue weighted by atomic mass is 9.87. The summed E-state index contributed by atoms with van der Waals surface area (Å²) in [5.74, 6) is 1.03. The van der Waals surface area contributed by atoms with Crippen molar-refractivity contribution in [1.29, 1.82) is 0 Å². The Morgan fingerprint density at radius 1 is 1.30 bits per heavy atom. The SMILES string of the molecule is CC1CCCN1c1cc(-c2cnc3[nH]cc(C(=O)C(C)(C)C)c3n2)ccn1. The Balaban J connectivity index is 1.75. The standard InChI is InChI=1S/C21H25N5O/c1-13-6-5-9-26(13)17-10-14(7-8-22-17)16-12-24-20-18(25-16)15(11-23-20)19(27)21(2,3)4/h7-8,10-13H,5-6,9H2,1-4H3,(H,23,24). The minimum atomic E-state index is -0.470. The van der Waals surface area contributed by atoms with E-state index in [1.54, 1.807) is 12.4 Å². The minimum absolute atomic E-state index is 0.0570. The van der Waals surface area contributed by atoms with Crippen LogP contribution in [0.5, 0.6) is 0 Å². The minimum Gasteiger partial charge on any atom is -0.354 e. The van der Waals surface area contributed by atoms with Gasteiger partial charge >= 0.3 is 0 Å². The molecule has 6 nitrogen and oxygen atoms in total. The van der Waals surface area contributed by atoms with Crippen LogP contribution in [-0.2, 0) is 0 Å². The number of hydrogen-bond donors (Lipinski definition) is 1. The third-order valence-corrected chi connectivity index (χ3v) is 5.20. The number of anilines is 1. The maximum atomic E-state index is 12.7. The largest absolute Gasteiger partial charge is 0.354 e. The number of aromatic nitrogens is 4. The molecule has 0 bridgehead atoms. The molecule has 1 saturated heterocycles. The van der Waals surface area contributed by atoms with Crippen molar-refractivity contribution in [2.24, 2.45) is 5.41 Å². The van der Waals surface area contributed by atoms with E-state index in [0.717, 1.165) is 23.6 Å². The van der Waals surface area contributed by atoms with Crippen molar-refractivity contribution in [3.63, 3.8) is 0 Å². The van der Waals surface area contributed by atoms with E-state index in [-0.39, 0.29) is 5.78 Å². The third kappa shape index (κ3) is 3.20. The topological polar surface area (TPSA) is 74.8 Å². The highest BCUT2D eigenvalue weighted by atomic mass is 16.1. The first-order chi connectivity index (χ1) is 12.8. The van der Waals surface area contributed by atoms with Crippen LogP contribution in [0, 0.1) is 5.41 Å². The average molecular weight is 363 g/mol. The molecule has 27 heavy (non-hydrogen) atoms. The molecule has 0 aromatic carbocycles. The van der Waals surface area contributed by atoms with Crippen LogP contribution < -0.4 is 4.90 Å². The van der Waals surface area contributed by atoms with Crippen LogP contribution >= 0.6 is 0 Å². The quantitative estimate of drug-likeness (QED) is 0.705. The summed E-state index contributed by atoms with van der Waals surface area (Å²) < 4.78 is 0. The van der Waals surface area contributed by atoms with E-state index < -0.39 is 5.41 Å². The van der Waals surface area contributed by atoms with Gasteiger partial charge < -0.3 is 9.88 Å². The summed E-state index contributed by atoms with van der Waals surface area (Å²) in [5, 5.41) is 0. The predicted molar refractivity (Wildman–Crippen MR) is 107 cm³/mol. The number of rotatable bonds is 3. The van der Waals surface area contributed by atoms with Crippen molar-refractivity contribution < 1.29 is 4.79 Å². The summed E-state index contributed by atoms with van der Waals surface area (Å²) in [6.45, 7) is 9.01. The highest BCUT2D eigenvalue weighted by Gasteiger charge is 2.27. The van der Waals surface area contributed by atoms with Crippen LogP contribution in [0.25, 0.3) is 22.4 Å². The van der Waals surface area contributed by atoms with E-state index in [1.807, 2.05) is 33.0 Å². The van der Waals surface area contributed by atoms with E-state index in [4.69, 9.17) is 4.98 Å². The van der Waals surface area contributed by atoms with Gasteiger partial charge in [-0.15, -0.1) is 0 Å². The normalized spacial score (nSPS) is 17.6. The first-order valence-electron chi connectivity index (χ1n) is 9.46. The van der Waals surface area contributed by atoms with Gasteiger partial charge in [0.1, 0.15) is 11.3 Å². The van der Waals surface area contributed by atoms with Crippen LogP contribution in [0.15, 0.2) is 30.7 Å². The van der Waals surface area contributed by atoms with E-state index in [1.165, 1.54) is 12.8 Å². The van der Waals surface area contributed by atoms with Crippen LogP contribution in [0.3, 0.4) is 0 Å². The van der Waals surface area contributed by atoms with Gasteiger partial charge in [0.15, 0.2) is 11.4 Å². The fourth-order valence-corrected chi connectivity index (χ4v) is 3.62. The van der Waals surface area contributed by atoms with Crippen LogP contribution in [-0.4, -0.2) is 38.3 Å². The summed E-state index contributed by atoms with van der Waals surface area (Å²) in [4.78, 5) is 31.9. The molecule has 0 amide bonds. The van der Waals surface area contributed by atoms with Crippen LogP contribution in [0.2, 0.25) is 0 Å². The molecule has 4 rings (SSSR count). The van der Waals surface area contributed by atoms with Gasteiger partial charge in [-0.1, -0.05) is 20.8 Å². The molecule has 1 aliphatic heterocycles. The van der Waals surface area contributed by atoms with Gasteiger partial charge in [-0.25, -0.2) is 15.0 Å². The molecule has 0 spiro atoms. The summed E-state index contributed by atoms with van der Waals surface area (Å²) in [6.07, 6.45) is 7.67. The Hall–Kier alpha value is -2.76. The number of carbonyl (C=O) groups is 1. The van der Waals surface area contributed by atoms with Gasteiger partial charge in [-0.2, -0.15) is 0 Å². The lowest BCUT2D eigenvalue weighted by molar-refractivity contribution is 0.0860. The predicted octanol–water partition coefficient (Wildman–Crippen LogP) is 4.24. The van der Waals surface area contributed by atoms with Crippen molar-refractivity contribution in [1.82, 2.24) is 19.9 Å². The Morgan fingerprint density at radius 2 is 2.11 bits per heavy atom. The zero-order chi connectivity index (χ0) is 19.2. The summed E-state index contributed by atoms with van der Waals surface area (Å²) in [7, 11) is 0. The highest BCUT2D eigenvalue weighted by molar-refractivity contribution is 6.08. The molecule has 140 valence electrons. The fourth-order valence-electron chi connectivity index (χ4n) is 3.62. The second-order valence-electron chi connectivity index (χ2n) is 8.32. The van der Waals surface area contributed by atoms with Crippen molar-refractivity contribution in [2.75, 3.05) is 11.4 Å². The number of Topliss-reactive ketones (excluding diaryl/α,β-unsaturated/α-hetero) is 1. The molecule has 4 heterocycles. The molecular formula is C21H25N5O. The number of nitrogens with one attached hydrogen (secondary N) is 1. The van der Waals surface area contributed by atoms with Gasteiger partial charge in [0.25, 0.3) is 0 Å². The molecule has 1 N–H and O–H groups in total. The van der Waals surface area contributed by atoms with Crippen molar-refractivity contribution in [2.45, 2.75) is 46.6 Å². The Kier molecular flexibility index (Phi) is 4.21.